The molecule has 1 amide bonds. The van der Waals surface area contributed by atoms with Gasteiger partial charge in [-0.3, -0.25) is 4.79 Å². The van der Waals surface area contributed by atoms with Crippen molar-refractivity contribution in [2.75, 3.05) is 19.0 Å². The number of fused-ring (bicyclic) bond motifs is 1. The second kappa shape index (κ2) is 5.71. The first kappa shape index (κ1) is 13.4. The number of hydrogen-bond acceptors (Lipinski definition) is 5. The molecule has 0 saturated carbocycles. The third kappa shape index (κ3) is 3.03. The van der Waals surface area contributed by atoms with Crippen molar-refractivity contribution >= 4 is 17.6 Å². The van der Waals surface area contributed by atoms with Crippen molar-refractivity contribution in [3.05, 3.63) is 29.8 Å². The fourth-order valence-corrected chi connectivity index (χ4v) is 2.00. The Balaban J connectivity index is 1.85. The van der Waals surface area contributed by atoms with Crippen molar-refractivity contribution in [2.45, 2.75) is 18.6 Å². The molecular formula is C13H16N2O4. The van der Waals surface area contributed by atoms with E-state index in [-0.39, 0.29) is 18.5 Å². The Bertz CT molecular complexity index is 464. The molecule has 0 fully saturated rings. The number of hydrogen-bond donors (Lipinski definition) is 3. The highest BCUT2D eigenvalue weighted by atomic mass is 16.5. The zero-order valence-corrected chi connectivity index (χ0v) is 10.6. The molecule has 6 heteroatoms. The number of carbonyl (C=O) groups is 2. The van der Waals surface area contributed by atoms with E-state index in [0.717, 1.165) is 11.3 Å². The Morgan fingerprint density at radius 3 is 2.95 bits per heavy atom. The average molecular weight is 264 g/mol. The van der Waals surface area contributed by atoms with Gasteiger partial charge in [-0.15, -0.1) is 0 Å². The van der Waals surface area contributed by atoms with Crippen LogP contribution in [0.2, 0.25) is 0 Å². The number of amides is 1. The van der Waals surface area contributed by atoms with Crippen LogP contribution in [-0.4, -0.2) is 42.8 Å². The highest BCUT2D eigenvalue weighted by molar-refractivity contribution is 5.87. The fourth-order valence-electron chi connectivity index (χ4n) is 2.00. The number of ether oxygens (including phenoxy) is 1. The molecule has 19 heavy (non-hydrogen) atoms. The van der Waals surface area contributed by atoms with Crippen molar-refractivity contribution in [3.63, 3.8) is 0 Å². The molecule has 102 valence electrons. The lowest BCUT2D eigenvalue weighted by molar-refractivity contribution is -0.150. The largest absolute Gasteiger partial charge is 0.467 e. The van der Waals surface area contributed by atoms with E-state index in [2.05, 4.69) is 15.4 Å². The second-order valence-electron chi connectivity index (χ2n) is 4.34. The number of nitrogens with one attached hydrogen (secondary N) is 2. The molecule has 0 saturated heterocycles. The van der Waals surface area contributed by atoms with E-state index >= 15 is 0 Å². The fraction of sp³-hybridized carbons (Fsp3) is 0.385. The van der Waals surface area contributed by atoms with Crippen LogP contribution < -0.4 is 10.6 Å². The van der Waals surface area contributed by atoms with Crippen LogP contribution in [0, 0.1) is 0 Å². The van der Waals surface area contributed by atoms with Crippen molar-refractivity contribution in [3.8, 4) is 0 Å². The molecule has 0 radical (unpaired) electrons. The summed E-state index contributed by atoms with van der Waals surface area (Å²) in [6, 6.07) is 7.31. The number of benzene rings is 1. The number of aliphatic hydroxyl groups excluding tert-OH is 1. The van der Waals surface area contributed by atoms with Crippen molar-refractivity contribution in [1.82, 2.24) is 5.32 Å². The van der Waals surface area contributed by atoms with E-state index in [0.29, 0.717) is 6.42 Å². The van der Waals surface area contributed by atoms with Crippen molar-refractivity contribution < 1.29 is 19.4 Å². The van der Waals surface area contributed by atoms with Gasteiger partial charge in [0, 0.05) is 12.1 Å². The van der Waals surface area contributed by atoms with Crippen LogP contribution >= 0.6 is 0 Å². The van der Waals surface area contributed by atoms with Crippen LogP contribution in [0.5, 0.6) is 0 Å². The molecule has 6 nitrogen and oxygen atoms in total. The Hall–Kier alpha value is -2.08. The van der Waals surface area contributed by atoms with Crippen LogP contribution in [0.1, 0.15) is 5.56 Å². The normalized spacial score (nSPS) is 18.1. The lowest BCUT2D eigenvalue weighted by Gasteiger charge is -2.14. The van der Waals surface area contributed by atoms with Crippen LogP contribution in [-0.2, 0) is 20.7 Å². The lowest BCUT2D eigenvalue weighted by atomic mass is 10.1. The van der Waals surface area contributed by atoms with Crippen LogP contribution in [0.25, 0.3) is 0 Å². The third-order valence-corrected chi connectivity index (χ3v) is 3.03. The predicted octanol–water partition coefficient (Wildman–Crippen LogP) is -0.327. The number of methoxy groups -OCH3 is 1. The van der Waals surface area contributed by atoms with E-state index in [1.54, 1.807) is 0 Å². The molecular weight excluding hydrogens is 248 g/mol. The molecule has 0 aromatic heterocycles. The van der Waals surface area contributed by atoms with E-state index in [1.807, 2.05) is 24.3 Å². The molecule has 1 aromatic carbocycles. The molecule has 0 bridgehead atoms. The number of aliphatic hydroxyl groups is 1. The Morgan fingerprint density at radius 2 is 2.26 bits per heavy atom. The smallest absolute Gasteiger partial charge is 0.336 e. The first-order valence-electron chi connectivity index (χ1n) is 6.00. The SMILES string of the molecule is COC(=O)C(O)CNC(=O)[C@@H]1Cc2ccccc2N1. The van der Waals surface area contributed by atoms with Crippen LogP contribution in [0.15, 0.2) is 24.3 Å². The summed E-state index contributed by atoms with van der Waals surface area (Å²) < 4.78 is 4.36. The summed E-state index contributed by atoms with van der Waals surface area (Å²) in [6.07, 6.45) is -0.742. The van der Waals surface area contributed by atoms with Gasteiger partial charge < -0.3 is 20.5 Å². The van der Waals surface area contributed by atoms with Gasteiger partial charge in [0.25, 0.3) is 0 Å². The Labute approximate surface area is 110 Å². The van der Waals surface area contributed by atoms with Gasteiger partial charge in [-0.25, -0.2) is 4.79 Å². The van der Waals surface area contributed by atoms with Gasteiger partial charge in [-0.1, -0.05) is 18.2 Å². The number of anilines is 1. The number of esters is 1. The zero-order chi connectivity index (χ0) is 13.8. The molecule has 1 aromatic rings. The summed E-state index contributed by atoms with van der Waals surface area (Å²) in [6.45, 7) is -0.153. The van der Waals surface area contributed by atoms with Gasteiger partial charge >= 0.3 is 5.97 Å². The maximum Gasteiger partial charge on any atom is 0.336 e. The van der Waals surface area contributed by atoms with Crippen LogP contribution in [0.3, 0.4) is 0 Å². The molecule has 0 aliphatic carbocycles. The Kier molecular flexibility index (Phi) is 4.01. The number of carbonyl (C=O) groups excluding carboxylic acids is 2. The van der Waals surface area contributed by atoms with Gasteiger partial charge in [0.05, 0.1) is 13.7 Å². The monoisotopic (exact) mass is 264 g/mol. The molecule has 3 N–H and O–H groups in total. The van der Waals surface area contributed by atoms with E-state index in [4.69, 9.17) is 0 Å². The standard InChI is InChI=1S/C13H16N2O4/c1-19-13(18)11(16)7-14-12(17)10-6-8-4-2-3-5-9(8)15-10/h2-5,10-11,15-16H,6-7H2,1H3,(H,14,17)/t10-,11?/m0/s1. The molecule has 1 aliphatic rings. The number of para-hydroxylation sites is 1. The first-order chi connectivity index (χ1) is 9.11. The minimum Gasteiger partial charge on any atom is -0.467 e. The average Bonchev–Trinajstić information content (AvgIpc) is 2.87. The topological polar surface area (TPSA) is 87.7 Å². The summed E-state index contributed by atoms with van der Waals surface area (Å²) in [7, 11) is 1.18. The minimum absolute atomic E-state index is 0.153. The second-order valence-corrected chi connectivity index (χ2v) is 4.34. The van der Waals surface area contributed by atoms with Gasteiger partial charge in [0.15, 0.2) is 6.10 Å². The van der Waals surface area contributed by atoms with E-state index in [9.17, 15) is 14.7 Å². The molecule has 1 unspecified atom stereocenters. The predicted molar refractivity (Wildman–Crippen MR) is 68.6 cm³/mol. The first-order valence-corrected chi connectivity index (χ1v) is 6.00. The van der Waals surface area contributed by atoms with Gasteiger partial charge in [0.2, 0.25) is 5.91 Å². The summed E-state index contributed by atoms with van der Waals surface area (Å²) in [5, 5.41) is 15.0. The molecule has 0 spiro atoms. The van der Waals surface area contributed by atoms with Gasteiger partial charge in [0.1, 0.15) is 6.04 Å². The third-order valence-electron chi connectivity index (χ3n) is 3.03. The molecule has 1 aliphatic heterocycles. The van der Waals surface area contributed by atoms with Crippen molar-refractivity contribution in [1.29, 1.82) is 0 Å². The highest BCUT2D eigenvalue weighted by Crippen LogP contribution is 2.24. The zero-order valence-electron chi connectivity index (χ0n) is 10.6. The quantitative estimate of drug-likeness (QED) is 0.648. The van der Waals surface area contributed by atoms with E-state index < -0.39 is 12.1 Å². The summed E-state index contributed by atoms with van der Waals surface area (Å²) in [5.41, 5.74) is 2.02. The molecule has 1 heterocycles. The minimum atomic E-state index is -1.34. The molecule has 2 rings (SSSR count). The van der Waals surface area contributed by atoms with Gasteiger partial charge in [-0.2, -0.15) is 0 Å². The summed E-state index contributed by atoms with van der Waals surface area (Å²) >= 11 is 0. The maximum absolute atomic E-state index is 11.9. The lowest BCUT2D eigenvalue weighted by Crippen LogP contribution is -2.43. The summed E-state index contributed by atoms with van der Waals surface area (Å²) in [4.78, 5) is 22.9. The Morgan fingerprint density at radius 1 is 1.53 bits per heavy atom. The summed E-state index contributed by atoms with van der Waals surface area (Å²) in [5.74, 6) is -1.01. The maximum atomic E-state index is 11.9. The van der Waals surface area contributed by atoms with Crippen LogP contribution in [0.4, 0.5) is 5.69 Å². The molecule has 2 atom stereocenters. The van der Waals surface area contributed by atoms with Crippen molar-refractivity contribution in [2.24, 2.45) is 0 Å². The number of rotatable bonds is 4. The van der Waals surface area contributed by atoms with Gasteiger partial charge in [-0.05, 0) is 11.6 Å². The van der Waals surface area contributed by atoms with E-state index in [1.165, 1.54) is 7.11 Å². The highest BCUT2D eigenvalue weighted by Gasteiger charge is 2.27.